The highest BCUT2D eigenvalue weighted by Crippen LogP contribution is 2.36. The van der Waals surface area contributed by atoms with Crippen LogP contribution in [0.2, 0.25) is 5.02 Å². The molecule has 3 aromatic carbocycles. The topological polar surface area (TPSA) is 35.9 Å². The van der Waals surface area contributed by atoms with Gasteiger partial charge in [0.15, 0.2) is 0 Å². The molecule has 158 valence electrons. The molecule has 0 bridgehead atoms. The van der Waals surface area contributed by atoms with Gasteiger partial charge >= 0.3 is 0 Å². The number of hydrogen-bond acceptors (Lipinski definition) is 3. The molecule has 0 saturated heterocycles. The third-order valence-electron chi connectivity index (χ3n) is 5.31. The Morgan fingerprint density at radius 2 is 1.74 bits per heavy atom. The van der Waals surface area contributed by atoms with Gasteiger partial charge in [-0.2, -0.15) is 5.10 Å². The summed E-state index contributed by atoms with van der Waals surface area (Å²) in [5.74, 6) is -0.416. The second kappa shape index (κ2) is 9.41. The standard InChI is InChI=1S/C25H23ClFN3O/c1-29(16-18-7-3-2-4-8-18)17-25(31)30-24(21-9-5-6-10-22(21)26)15-23(28-30)19-11-13-20(27)14-12-19/h2-14,24H,15-17H2,1H3/t24-/m0/s1. The summed E-state index contributed by atoms with van der Waals surface area (Å²) >= 11 is 6.45. The molecule has 31 heavy (non-hydrogen) atoms. The highest BCUT2D eigenvalue weighted by atomic mass is 35.5. The number of likely N-dealkylation sites (N-methyl/N-ethyl adjacent to an activating group) is 1. The van der Waals surface area contributed by atoms with Crippen LogP contribution in [0.15, 0.2) is 84.0 Å². The van der Waals surface area contributed by atoms with Crippen LogP contribution in [-0.2, 0) is 11.3 Å². The van der Waals surface area contributed by atoms with Crippen LogP contribution in [0, 0.1) is 5.82 Å². The zero-order chi connectivity index (χ0) is 21.8. The van der Waals surface area contributed by atoms with E-state index in [0.29, 0.717) is 18.0 Å². The van der Waals surface area contributed by atoms with Crippen molar-refractivity contribution >= 4 is 23.2 Å². The smallest absolute Gasteiger partial charge is 0.257 e. The van der Waals surface area contributed by atoms with E-state index in [1.807, 2.05) is 66.5 Å². The van der Waals surface area contributed by atoms with Crippen LogP contribution in [-0.4, -0.2) is 35.1 Å². The molecule has 3 aromatic rings. The Labute approximate surface area is 186 Å². The summed E-state index contributed by atoms with van der Waals surface area (Å²) in [6.07, 6.45) is 0.517. The summed E-state index contributed by atoms with van der Waals surface area (Å²) in [5.41, 5.74) is 3.52. The monoisotopic (exact) mass is 435 g/mol. The van der Waals surface area contributed by atoms with E-state index in [1.165, 1.54) is 17.1 Å². The van der Waals surface area contributed by atoms with Crippen molar-refractivity contribution in [3.8, 4) is 0 Å². The molecular formula is C25H23ClFN3O. The zero-order valence-corrected chi connectivity index (χ0v) is 18.0. The molecule has 0 aliphatic carbocycles. The van der Waals surface area contributed by atoms with Crippen molar-refractivity contribution in [1.29, 1.82) is 0 Å². The Kier molecular flexibility index (Phi) is 6.44. The number of hydrazone groups is 1. The Balaban J connectivity index is 1.57. The molecular weight excluding hydrogens is 413 g/mol. The second-order valence-electron chi connectivity index (χ2n) is 7.69. The molecule has 0 aromatic heterocycles. The lowest BCUT2D eigenvalue weighted by atomic mass is 9.98. The number of halogens is 2. The summed E-state index contributed by atoms with van der Waals surface area (Å²) in [5, 5.41) is 6.76. The van der Waals surface area contributed by atoms with Gasteiger partial charge in [0.1, 0.15) is 5.82 Å². The maximum Gasteiger partial charge on any atom is 0.257 e. The van der Waals surface area contributed by atoms with E-state index in [2.05, 4.69) is 5.10 Å². The lowest BCUT2D eigenvalue weighted by Crippen LogP contribution is -2.36. The molecule has 6 heteroatoms. The Morgan fingerprint density at radius 1 is 1.06 bits per heavy atom. The summed E-state index contributed by atoms with van der Waals surface area (Å²) in [6.45, 7) is 0.877. The average molecular weight is 436 g/mol. The number of amides is 1. The molecule has 0 spiro atoms. The van der Waals surface area contributed by atoms with E-state index < -0.39 is 0 Å². The first-order valence-corrected chi connectivity index (χ1v) is 10.5. The minimum atomic E-state index is -0.305. The van der Waals surface area contributed by atoms with E-state index in [-0.39, 0.29) is 24.3 Å². The largest absolute Gasteiger partial charge is 0.293 e. The molecule has 4 nitrogen and oxygen atoms in total. The molecule has 0 saturated carbocycles. The fourth-order valence-corrected chi connectivity index (χ4v) is 4.06. The van der Waals surface area contributed by atoms with Gasteiger partial charge < -0.3 is 0 Å². The Morgan fingerprint density at radius 3 is 2.45 bits per heavy atom. The van der Waals surface area contributed by atoms with Crippen molar-refractivity contribution in [3.05, 3.63) is 106 Å². The first-order valence-electron chi connectivity index (χ1n) is 10.1. The van der Waals surface area contributed by atoms with Crippen molar-refractivity contribution in [2.45, 2.75) is 19.0 Å². The van der Waals surface area contributed by atoms with Crippen LogP contribution < -0.4 is 0 Å². The number of carbonyl (C=O) groups is 1. The molecule has 0 unspecified atom stereocenters. The summed E-state index contributed by atoms with van der Waals surface area (Å²) in [7, 11) is 1.91. The second-order valence-corrected chi connectivity index (χ2v) is 8.10. The van der Waals surface area contributed by atoms with E-state index in [0.717, 1.165) is 22.4 Å². The fraction of sp³-hybridized carbons (Fsp3) is 0.200. The normalized spacial score (nSPS) is 15.9. The summed E-state index contributed by atoms with van der Waals surface area (Å²) in [4.78, 5) is 15.2. The van der Waals surface area contributed by atoms with Crippen molar-refractivity contribution in [2.75, 3.05) is 13.6 Å². The van der Waals surface area contributed by atoms with E-state index in [9.17, 15) is 9.18 Å². The van der Waals surface area contributed by atoms with Gasteiger partial charge in [-0.25, -0.2) is 9.40 Å². The van der Waals surface area contributed by atoms with Crippen molar-refractivity contribution in [3.63, 3.8) is 0 Å². The van der Waals surface area contributed by atoms with Gasteiger partial charge in [-0.15, -0.1) is 0 Å². The van der Waals surface area contributed by atoms with Crippen LogP contribution in [0.25, 0.3) is 0 Å². The highest BCUT2D eigenvalue weighted by molar-refractivity contribution is 6.31. The number of nitrogens with zero attached hydrogens (tertiary/aromatic N) is 3. The van der Waals surface area contributed by atoms with Crippen LogP contribution in [0.4, 0.5) is 4.39 Å². The van der Waals surface area contributed by atoms with Gasteiger partial charge in [-0.3, -0.25) is 9.69 Å². The molecule has 1 atom stereocenters. The molecule has 0 N–H and O–H groups in total. The number of benzene rings is 3. The average Bonchev–Trinajstić information content (AvgIpc) is 3.20. The van der Waals surface area contributed by atoms with Crippen LogP contribution in [0.3, 0.4) is 0 Å². The van der Waals surface area contributed by atoms with Gasteiger partial charge in [-0.1, -0.05) is 72.3 Å². The van der Waals surface area contributed by atoms with Crippen molar-refractivity contribution < 1.29 is 9.18 Å². The van der Waals surface area contributed by atoms with Crippen LogP contribution in [0.1, 0.15) is 29.2 Å². The lowest BCUT2D eigenvalue weighted by molar-refractivity contribution is -0.134. The molecule has 1 amide bonds. The van der Waals surface area contributed by atoms with E-state index >= 15 is 0 Å². The maximum atomic E-state index is 13.4. The van der Waals surface area contributed by atoms with Crippen LogP contribution >= 0.6 is 11.6 Å². The predicted molar refractivity (Wildman–Crippen MR) is 121 cm³/mol. The van der Waals surface area contributed by atoms with Gasteiger partial charge in [0.25, 0.3) is 5.91 Å². The first kappa shape index (κ1) is 21.2. The van der Waals surface area contributed by atoms with Gasteiger partial charge in [-0.05, 0) is 41.9 Å². The zero-order valence-electron chi connectivity index (χ0n) is 17.2. The molecule has 1 aliphatic heterocycles. The van der Waals surface area contributed by atoms with E-state index in [4.69, 9.17) is 11.6 Å². The number of carbonyl (C=O) groups excluding carboxylic acids is 1. The highest BCUT2D eigenvalue weighted by Gasteiger charge is 2.34. The number of rotatable bonds is 6. The minimum absolute atomic E-state index is 0.111. The molecule has 1 heterocycles. The summed E-state index contributed by atoms with van der Waals surface area (Å²) < 4.78 is 13.4. The van der Waals surface area contributed by atoms with Crippen molar-refractivity contribution in [1.82, 2.24) is 9.91 Å². The molecule has 0 radical (unpaired) electrons. The van der Waals surface area contributed by atoms with Gasteiger partial charge in [0.2, 0.25) is 0 Å². The third kappa shape index (κ3) is 5.01. The Bertz CT molecular complexity index is 1090. The molecule has 0 fully saturated rings. The van der Waals surface area contributed by atoms with Gasteiger partial charge in [0.05, 0.1) is 18.3 Å². The lowest BCUT2D eigenvalue weighted by Gasteiger charge is -2.25. The SMILES string of the molecule is CN(CC(=O)N1N=C(c2ccc(F)cc2)C[C@H]1c1ccccc1Cl)Cc1ccccc1. The quantitative estimate of drug-likeness (QED) is 0.527. The van der Waals surface area contributed by atoms with Gasteiger partial charge in [0, 0.05) is 18.0 Å². The molecule has 1 aliphatic rings. The van der Waals surface area contributed by atoms with Crippen molar-refractivity contribution in [2.24, 2.45) is 5.10 Å². The Hall–Kier alpha value is -3.02. The first-order chi connectivity index (χ1) is 15.0. The predicted octanol–water partition coefficient (Wildman–Crippen LogP) is 5.29. The van der Waals surface area contributed by atoms with Crippen LogP contribution in [0.5, 0.6) is 0 Å². The fourth-order valence-electron chi connectivity index (χ4n) is 3.80. The third-order valence-corrected chi connectivity index (χ3v) is 5.65. The molecule has 4 rings (SSSR count). The van der Waals surface area contributed by atoms with E-state index in [1.54, 1.807) is 12.1 Å². The summed E-state index contributed by atoms with van der Waals surface area (Å²) in [6, 6.07) is 23.4. The minimum Gasteiger partial charge on any atom is -0.293 e. The maximum absolute atomic E-state index is 13.4. The number of hydrogen-bond donors (Lipinski definition) is 0.